The first kappa shape index (κ1) is 21.9. The molecule has 2 aromatic carbocycles. The lowest BCUT2D eigenvalue weighted by Gasteiger charge is -2.11. The third-order valence-electron chi connectivity index (χ3n) is 3.44. The number of hydrogen-bond acceptors (Lipinski definition) is 6. The smallest absolute Gasteiger partial charge is 0.387 e. The van der Waals surface area contributed by atoms with Crippen LogP contribution in [0.4, 0.5) is 14.5 Å². The highest BCUT2D eigenvalue weighted by Crippen LogP contribution is 2.26. The molecule has 0 aliphatic carbocycles. The number of benzene rings is 2. The Morgan fingerprint density at radius 1 is 1.00 bits per heavy atom. The molecule has 0 spiro atoms. The summed E-state index contributed by atoms with van der Waals surface area (Å²) in [6, 6.07) is 12.4. The van der Waals surface area contributed by atoms with E-state index in [9.17, 15) is 18.4 Å². The summed E-state index contributed by atoms with van der Waals surface area (Å²) >= 11 is 0. The Morgan fingerprint density at radius 2 is 1.66 bits per heavy atom. The van der Waals surface area contributed by atoms with Gasteiger partial charge in [-0.15, -0.1) is 0 Å². The number of halogens is 2. The van der Waals surface area contributed by atoms with Crippen molar-refractivity contribution >= 4 is 17.6 Å². The predicted molar refractivity (Wildman–Crippen MR) is 100 cm³/mol. The molecule has 0 fully saturated rings. The standard InChI is InChI=1S/C20H21F2NO6/c1-2-26-16-5-3-4-6-17(16)27-12-11-19(25)28-13-18(24)23-14-7-9-15(10-8-14)29-20(21)22/h3-10,20H,2,11-13H2,1H3,(H,23,24). The molecule has 2 rings (SSSR count). The van der Waals surface area contributed by atoms with Crippen molar-refractivity contribution in [2.75, 3.05) is 25.1 Å². The van der Waals surface area contributed by atoms with Gasteiger partial charge < -0.3 is 24.3 Å². The lowest BCUT2D eigenvalue weighted by atomic mass is 10.3. The van der Waals surface area contributed by atoms with Gasteiger partial charge in [-0.1, -0.05) is 12.1 Å². The number of ether oxygens (including phenoxy) is 4. The van der Waals surface area contributed by atoms with E-state index in [1.807, 2.05) is 13.0 Å². The Hall–Kier alpha value is -3.36. The number of amides is 1. The zero-order chi connectivity index (χ0) is 21.1. The van der Waals surface area contributed by atoms with Crippen LogP contribution in [0.2, 0.25) is 0 Å². The van der Waals surface area contributed by atoms with Gasteiger partial charge in [-0.3, -0.25) is 9.59 Å². The summed E-state index contributed by atoms with van der Waals surface area (Å²) in [5.74, 6) is -0.111. The molecule has 1 amide bonds. The van der Waals surface area contributed by atoms with E-state index in [2.05, 4.69) is 10.1 Å². The Morgan fingerprint density at radius 3 is 2.28 bits per heavy atom. The fourth-order valence-corrected chi connectivity index (χ4v) is 2.22. The summed E-state index contributed by atoms with van der Waals surface area (Å²) in [4.78, 5) is 23.6. The Bertz CT molecular complexity index is 798. The zero-order valence-electron chi connectivity index (χ0n) is 15.7. The highest BCUT2D eigenvalue weighted by molar-refractivity contribution is 5.92. The monoisotopic (exact) mass is 409 g/mol. The molecular formula is C20H21F2NO6. The fraction of sp³-hybridized carbons (Fsp3) is 0.300. The number of para-hydroxylation sites is 2. The largest absolute Gasteiger partial charge is 0.490 e. The number of nitrogens with one attached hydrogen (secondary N) is 1. The molecule has 0 saturated heterocycles. The minimum Gasteiger partial charge on any atom is -0.490 e. The lowest BCUT2D eigenvalue weighted by Crippen LogP contribution is -2.21. The van der Waals surface area contributed by atoms with Gasteiger partial charge in [-0.05, 0) is 43.3 Å². The third-order valence-corrected chi connectivity index (χ3v) is 3.44. The van der Waals surface area contributed by atoms with Crippen molar-refractivity contribution in [2.24, 2.45) is 0 Å². The van der Waals surface area contributed by atoms with Crippen molar-refractivity contribution in [3.8, 4) is 17.2 Å². The number of rotatable bonds is 11. The highest BCUT2D eigenvalue weighted by Gasteiger charge is 2.10. The van der Waals surface area contributed by atoms with Gasteiger partial charge in [0.15, 0.2) is 18.1 Å². The van der Waals surface area contributed by atoms with Crippen LogP contribution >= 0.6 is 0 Å². The molecule has 156 valence electrons. The molecule has 0 atom stereocenters. The van der Waals surface area contributed by atoms with Crippen LogP contribution in [0.5, 0.6) is 17.2 Å². The molecule has 29 heavy (non-hydrogen) atoms. The number of esters is 1. The topological polar surface area (TPSA) is 83.1 Å². The number of alkyl halides is 2. The molecule has 0 aromatic heterocycles. The van der Waals surface area contributed by atoms with Crippen LogP contribution in [-0.4, -0.2) is 38.3 Å². The maximum atomic E-state index is 12.1. The normalized spacial score (nSPS) is 10.3. The van der Waals surface area contributed by atoms with E-state index >= 15 is 0 Å². The van der Waals surface area contributed by atoms with Crippen LogP contribution in [-0.2, 0) is 14.3 Å². The van der Waals surface area contributed by atoms with E-state index < -0.39 is 25.1 Å². The van der Waals surface area contributed by atoms with Crippen LogP contribution in [0.1, 0.15) is 13.3 Å². The second-order valence-corrected chi connectivity index (χ2v) is 5.59. The molecule has 0 heterocycles. The van der Waals surface area contributed by atoms with Gasteiger partial charge in [0.1, 0.15) is 5.75 Å². The van der Waals surface area contributed by atoms with E-state index in [4.69, 9.17) is 14.2 Å². The minimum absolute atomic E-state index is 0.0321. The third kappa shape index (κ3) is 8.04. The van der Waals surface area contributed by atoms with Crippen LogP contribution in [0, 0.1) is 0 Å². The van der Waals surface area contributed by atoms with Crippen molar-refractivity contribution in [3.63, 3.8) is 0 Å². The van der Waals surface area contributed by atoms with E-state index in [-0.39, 0.29) is 18.8 Å². The Balaban J connectivity index is 1.69. The lowest BCUT2D eigenvalue weighted by molar-refractivity contribution is -0.147. The van der Waals surface area contributed by atoms with Crippen molar-refractivity contribution < 1.29 is 37.3 Å². The average molecular weight is 409 g/mol. The molecule has 0 unspecified atom stereocenters. The van der Waals surface area contributed by atoms with Crippen molar-refractivity contribution in [1.82, 2.24) is 0 Å². The van der Waals surface area contributed by atoms with Crippen LogP contribution in [0.3, 0.4) is 0 Å². The second-order valence-electron chi connectivity index (χ2n) is 5.59. The number of carbonyl (C=O) groups is 2. The van der Waals surface area contributed by atoms with Crippen molar-refractivity contribution in [3.05, 3.63) is 48.5 Å². The minimum atomic E-state index is -2.92. The van der Waals surface area contributed by atoms with Gasteiger partial charge in [-0.25, -0.2) is 0 Å². The summed E-state index contributed by atoms with van der Waals surface area (Å²) in [5, 5.41) is 2.47. The van der Waals surface area contributed by atoms with Gasteiger partial charge in [0.2, 0.25) is 0 Å². The van der Waals surface area contributed by atoms with Gasteiger partial charge in [0.05, 0.1) is 19.6 Å². The molecule has 0 radical (unpaired) electrons. The van der Waals surface area contributed by atoms with E-state index in [1.165, 1.54) is 24.3 Å². The van der Waals surface area contributed by atoms with Crippen molar-refractivity contribution in [1.29, 1.82) is 0 Å². The Labute approximate surface area is 166 Å². The first-order valence-corrected chi connectivity index (χ1v) is 8.83. The summed E-state index contributed by atoms with van der Waals surface area (Å²) < 4.78 is 44.2. The van der Waals surface area contributed by atoms with Crippen LogP contribution < -0.4 is 19.5 Å². The second kappa shape index (κ2) is 11.5. The molecule has 0 aliphatic rings. The molecule has 9 heteroatoms. The van der Waals surface area contributed by atoms with Gasteiger partial charge >= 0.3 is 12.6 Å². The summed E-state index contributed by atoms with van der Waals surface area (Å²) in [5.41, 5.74) is 0.350. The maximum absolute atomic E-state index is 12.1. The van der Waals surface area contributed by atoms with Gasteiger partial charge in [0, 0.05) is 5.69 Å². The molecule has 2 aromatic rings. The molecule has 0 bridgehead atoms. The SMILES string of the molecule is CCOc1ccccc1OCCC(=O)OCC(=O)Nc1ccc(OC(F)F)cc1. The van der Waals surface area contributed by atoms with Crippen molar-refractivity contribution in [2.45, 2.75) is 20.0 Å². The van der Waals surface area contributed by atoms with E-state index in [0.29, 0.717) is 23.8 Å². The summed E-state index contributed by atoms with van der Waals surface area (Å²) in [6.45, 7) is -1.00. The number of anilines is 1. The number of hydrogen-bond donors (Lipinski definition) is 1. The zero-order valence-corrected chi connectivity index (χ0v) is 15.7. The van der Waals surface area contributed by atoms with Gasteiger partial charge in [0.25, 0.3) is 5.91 Å². The quantitative estimate of drug-likeness (QED) is 0.571. The number of carbonyl (C=O) groups excluding carboxylic acids is 2. The molecule has 1 N–H and O–H groups in total. The summed E-state index contributed by atoms with van der Waals surface area (Å²) in [6.07, 6.45) is -0.0482. The predicted octanol–water partition coefficient (Wildman–Crippen LogP) is 3.64. The first-order valence-electron chi connectivity index (χ1n) is 8.83. The Kier molecular flexibility index (Phi) is 8.68. The molecule has 0 saturated carbocycles. The maximum Gasteiger partial charge on any atom is 0.387 e. The molecule has 0 aliphatic heterocycles. The molecular weight excluding hydrogens is 388 g/mol. The van der Waals surface area contributed by atoms with E-state index in [1.54, 1.807) is 18.2 Å². The van der Waals surface area contributed by atoms with Crippen LogP contribution in [0.15, 0.2) is 48.5 Å². The fourth-order valence-electron chi connectivity index (χ4n) is 2.22. The highest BCUT2D eigenvalue weighted by atomic mass is 19.3. The average Bonchev–Trinajstić information content (AvgIpc) is 2.69. The van der Waals surface area contributed by atoms with Crippen LogP contribution in [0.25, 0.3) is 0 Å². The first-order chi connectivity index (χ1) is 14.0. The summed E-state index contributed by atoms with van der Waals surface area (Å²) in [7, 11) is 0. The van der Waals surface area contributed by atoms with E-state index in [0.717, 1.165) is 0 Å². The van der Waals surface area contributed by atoms with Gasteiger partial charge in [-0.2, -0.15) is 8.78 Å². The molecule has 7 nitrogen and oxygen atoms in total.